The minimum atomic E-state index is 0.878. The third-order valence-electron chi connectivity index (χ3n) is 1.83. The maximum absolute atomic E-state index is 4.12. The van der Waals surface area contributed by atoms with E-state index in [2.05, 4.69) is 22.5 Å². The smallest absolute Gasteiger partial charge is 0.182 e. The Kier molecular flexibility index (Phi) is 2.42. The van der Waals surface area contributed by atoms with Gasteiger partial charge in [-0.25, -0.2) is 4.98 Å². The second kappa shape index (κ2) is 3.72. The van der Waals surface area contributed by atoms with E-state index in [1.165, 1.54) is 12.8 Å². The van der Waals surface area contributed by atoms with Gasteiger partial charge >= 0.3 is 0 Å². The maximum atomic E-state index is 4.12. The van der Waals surface area contributed by atoms with Crippen LogP contribution in [0.3, 0.4) is 0 Å². The van der Waals surface area contributed by atoms with Gasteiger partial charge < -0.3 is 5.32 Å². The van der Waals surface area contributed by atoms with Crippen LogP contribution in [-0.4, -0.2) is 11.5 Å². The first kappa shape index (κ1) is 7.80. The van der Waals surface area contributed by atoms with E-state index in [9.17, 15) is 0 Å². The topological polar surface area (TPSA) is 24.9 Å². The molecule has 0 saturated heterocycles. The third-order valence-corrected chi connectivity index (χ3v) is 2.56. The van der Waals surface area contributed by atoms with Gasteiger partial charge in [0.05, 0.1) is 0 Å². The Labute approximate surface area is 76.3 Å². The Morgan fingerprint density at radius 2 is 2.58 bits per heavy atom. The monoisotopic (exact) mass is 180 g/mol. The molecule has 0 aliphatic heterocycles. The Morgan fingerprint density at radius 1 is 1.67 bits per heavy atom. The first-order chi connectivity index (χ1) is 5.95. The summed E-state index contributed by atoms with van der Waals surface area (Å²) in [5.41, 5.74) is 0. The Morgan fingerprint density at radius 3 is 3.25 bits per heavy atom. The number of thiazole rings is 1. The summed E-state index contributed by atoms with van der Waals surface area (Å²) in [6, 6.07) is 0. The van der Waals surface area contributed by atoms with Crippen molar-refractivity contribution in [2.45, 2.75) is 12.8 Å². The molecule has 64 valence electrons. The molecule has 1 aromatic heterocycles. The van der Waals surface area contributed by atoms with Crippen LogP contribution in [0.1, 0.15) is 12.8 Å². The number of allylic oxidation sites excluding steroid dienone is 1. The zero-order valence-corrected chi connectivity index (χ0v) is 7.68. The van der Waals surface area contributed by atoms with Gasteiger partial charge in [-0.15, -0.1) is 11.3 Å². The lowest BCUT2D eigenvalue weighted by Crippen LogP contribution is -1.96. The fourth-order valence-corrected chi connectivity index (χ4v) is 1.55. The van der Waals surface area contributed by atoms with Gasteiger partial charge in [-0.1, -0.05) is 12.2 Å². The molecule has 0 unspecified atom stereocenters. The van der Waals surface area contributed by atoms with Gasteiger partial charge in [-0.05, 0) is 18.8 Å². The second-order valence-electron chi connectivity index (χ2n) is 2.98. The molecular weight excluding hydrogens is 168 g/mol. The fraction of sp³-hybridized carbons (Fsp3) is 0.444. The highest BCUT2D eigenvalue weighted by Crippen LogP contribution is 2.29. The number of hydrogen-bond acceptors (Lipinski definition) is 3. The van der Waals surface area contributed by atoms with Crippen LogP contribution in [0.15, 0.2) is 23.7 Å². The normalized spacial score (nSPS) is 17.0. The van der Waals surface area contributed by atoms with Crippen LogP contribution in [-0.2, 0) is 0 Å². The quantitative estimate of drug-likeness (QED) is 0.720. The van der Waals surface area contributed by atoms with E-state index in [1.54, 1.807) is 11.3 Å². The summed E-state index contributed by atoms with van der Waals surface area (Å²) in [6.07, 6.45) is 9.07. The third kappa shape index (κ3) is 2.34. The summed E-state index contributed by atoms with van der Waals surface area (Å²) in [5, 5.41) is 6.22. The molecule has 0 radical (unpaired) electrons. The molecule has 2 rings (SSSR count). The average Bonchev–Trinajstić information content (AvgIpc) is 2.76. The van der Waals surface area contributed by atoms with Crippen molar-refractivity contribution in [2.24, 2.45) is 5.92 Å². The van der Waals surface area contributed by atoms with Crippen LogP contribution in [0, 0.1) is 5.92 Å². The highest BCUT2D eigenvalue weighted by Gasteiger charge is 2.16. The summed E-state index contributed by atoms with van der Waals surface area (Å²) < 4.78 is 0. The van der Waals surface area contributed by atoms with E-state index < -0.39 is 0 Å². The van der Waals surface area contributed by atoms with E-state index in [0.29, 0.717) is 0 Å². The zero-order chi connectivity index (χ0) is 8.23. The lowest BCUT2D eigenvalue weighted by Gasteiger charge is -1.94. The van der Waals surface area contributed by atoms with Gasteiger partial charge in [-0.3, -0.25) is 0 Å². The van der Waals surface area contributed by atoms with Crippen LogP contribution in [0.5, 0.6) is 0 Å². The Hall–Kier alpha value is -0.830. The van der Waals surface area contributed by atoms with Crippen molar-refractivity contribution in [3.05, 3.63) is 23.7 Å². The molecule has 0 amide bonds. The van der Waals surface area contributed by atoms with E-state index in [0.717, 1.165) is 17.6 Å². The van der Waals surface area contributed by atoms with Crippen LogP contribution in [0.2, 0.25) is 0 Å². The lowest BCUT2D eigenvalue weighted by molar-refractivity contribution is 1.11. The van der Waals surface area contributed by atoms with Crippen molar-refractivity contribution in [1.29, 1.82) is 0 Å². The maximum Gasteiger partial charge on any atom is 0.182 e. The summed E-state index contributed by atoms with van der Waals surface area (Å²) in [6.45, 7) is 0.907. The largest absolute Gasteiger partial charge is 0.358 e. The van der Waals surface area contributed by atoms with Gasteiger partial charge in [-0.2, -0.15) is 0 Å². The van der Waals surface area contributed by atoms with Gasteiger partial charge in [0.15, 0.2) is 5.13 Å². The molecule has 1 aromatic rings. The minimum absolute atomic E-state index is 0.878. The minimum Gasteiger partial charge on any atom is -0.358 e. The van der Waals surface area contributed by atoms with E-state index >= 15 is 0 Å². The standard InChI is InChI=1S/C9H12N2S/c1(2-8-3-4-8)5-10-9-11-6-7-12-9/h1-2,6-8H,3-5H2,(H,10,11)/b2-1+. The molecule has 0 aromatic carbocycles. The van der Waals surface area contributed by atoms with Crippen LogP contribution in [0.25, 0.3) is 0 Å². The number of hydrogen-bond donors (Lipinski definition) is 1. The van der Waals surface area contributed by atoms with Crippen molar-refractivity contribution in [3.8, 4) is 0 Å². The highest BCUT2D eigenvalue weighted by atomic mass is 32.1. The predicted octanol–water partition coefficient (Wildman–Crippen LogP) is 2.52. The molecule has 2 nitrogen and oxygen atoms in total. The van der Waals surface area contributed by atoms with E-state index in [-0.39, 0.29) is 0 Å². The molecule has 0 spiro atoms. The molecule has 12 heavy (non-hydrogen) atoms. The number of aromatic nitrogens is 1. The van der Waals surface area contributed by atoms with Gasteiger partial charge in [0.25, 0.3) is 0 Å². The zero-order valence-electron chi connectivity index (χ0n) is 6.86. The summed E-state index contributed by atoms with van der Waals surface area (Å²) in [4.78, 5) is 4.12. The number of nitrogens with one attached hydrogen (secondary N) is 1. The molecule has 1 heterocycles. The molecule has 0 bridgehead atoms. The van der Waals surface area contributed by atoms with Crippen molar-refractivity contribution < 1.29 is 0 Å². The summed E-state index contributed by atoms with van der Waals surface area (Å²) >= 11 is 1.64. The van der Waals surface area contributed by atoms with E-state index in [4.69, 9.17) is 0 Å². The van der Waals surface area contributed by atoms with Crippen molar-refractivity contribution in [3.63, 3.8) is 0 Å². The van der Waals surface area contributed by atoms with Crippen LogP contribution < -0.4 is 5.32 Å². The van der Waals surface area contributed by atoms with Gasteiger partial charge in [0, 0.05) is 18.1 Å². The molecular formula is C9H12N2S. The number of nitrogens with zero attached hydrogens (tertiary/aromatic N) is 1. The van der Waals surface area contributed by atoms with Crippen LogP contribution >= 0.6 is 11.3 Å². The fourth-order valence-electron chi connectivity index (χ4n) is 1.01. The van der Waals surface area contributed by atoms with Crippen molar-refractivity contribution in [1.82, 2.24) is 4.98 Å². The second-order valence-corrected chi connectivity index (χ2v) is 3.88. The molecule has 1 fully saturated rings. The average molecular weight is 180 g/mol. The first-order valence-electron chi connectivity index (χ1n) is 4.25. The molecule has 1 aliphatic rings. The van der Waals surface area contributed by atoms with Crippen LogP contribution in [0.4, 0.5) is 5.13 Å². The number of anilines is 1. The Bertz CT molecular complexity index is 250. The SMILES string of the molecule is C(=C\C1CC1)/CNc1nccs1. The first-order valence-corrected chi connectivity index (χ1v) is 5.13. The molecule has 3 heteroatoms. The van der Waals surface area contributed by atoms with Gasteiger partial charge in [0.1, 0.15) is 0 Å². The molecule has 0 atom stereocenters. The summed E-state index contributed by atoms with van der Waals surface area (Å²) in [5.74, 6) is 0.878. The molecule has 1 saturated carbocycles. The lowest BCUT2D eigenvalue weighted by atomic mass is 10.4. The number of rotatable bonds is 4. The van der Waals surface area contributed by atoms with Gasteiger partial charge in [0.2, 0.25) is 0 Å². The molecule has 1 aliphatic carbocycles. The van der Waals surface area contributed by atoms with E-state index in [1.807, 2.05) is 11.6 Å². The highest BCUT2D eigenvalue weighted by molar-refractivity contribution is 7.13. The Balaban J connectivity index is 1.68. The molecule has 1 N–H and O–H groups in total. The summed E-state index contributed by atoms with van der Waals surface area (Å²) in [7, 11) is 0. The van der Waals surface area contributed by atoms with Crippen molar-refractivity contribution >= 4 is 16.5 Å². The van der Waals surface area contributed by atoms with Crippen molar-refractivity contribution in [2.75, 3.05) is 11.9 Å². The predicted molar refractivity (Wildman–Crippen MR) is 52.5 cm³/mol.